The van der Waals surface area contributed by atoms with Crippen LogP contribution in [0, 0.1) is 6.92 Å². The van der Waals surface area contributed by atoms with Crippen LogP contribution in [0.25, 0.3) is 33.3 Å². The van der Waals surface area contributed by atoms with Crippen LogP contribution in [0.1, 0.15) is 28.7 Å². The molecule has 2 nitrogen and oxygen atoms in total. The Bertz CT molecular complexity index is 1730. The van der Waals surface area contributed by atoms with Gasteiger partial charge in [0.05, 0.1) is 22.4 Å². The summed E-state index contributed by atoms with van der Waals surface area (Å²) in [5, 5.41) is 2.65. The minimum atomic E-state index is 0.366. The van der Waals surface area contributed by atoms with Gasteiger partial charge in [0.25, 0.3) is 0 Å². The molecule has 3 aliphatic rings. The molecule has 4 heterocycles. The first-order valence-corrected chi connectivity index (χ1v) is 12.6. The van der Waals surface area contributed by atoms with Crippen molar-refractivity contribution in [3.63, 3.8) is 0 Å². The van der Waals surface area contributed by atoms with Gasteiger partial charge in [-0.1, -0.05) is 54.6 Å². The predicted molar refractivity (Wildman–Crippen MR) is 139 cm³/mol. The van der Waals surface area contributed by atoms with Crippen LogP contribution in [-0.4, -0.2) is 0 Å². The molecule has 8 rings (SSSR count). The van der Waals surface area contributed by atoms with Gasteiger partial charge in [-0.2, -0.15) is 9.13 Å². The van der Waals surface area contributed by atoms with Gasteiger partial charge in [0.1, 0.15) is 0 Å². The standard InChI is InChI=1S/C33H26N2/c1-21-14-15-30-24-10-4-3-9-23(24)18-28-29(20-34(30)19-21)33-31(28)26-12-6-7-13-27(26)32-25-11-5-2-8-22(25)16-17-35(32)33/h2-17,19,31,33H,18,20H2,1H3/q+2. The normalized spacial score (nSPS) is 19.2. The van der Waals surface area contributed by atoms with E-state index in [4.69, 9.17) is 0 Å². The third-order valence-electron chi connectivity index (χ3n) is 8.39. The number of aromatic nitrogens is 2. The molecule has 0 amide bonds. The maximum atomic E-state index is 2.58. The molecule has 166 valence electrons. The van der Waals surface area contributed by atoms with Gasteiger partial charge in [-0.3, -0.25) is 0 Å². The molecule has 0 saturated heterocycles. The van der Waals surface area contributed by atoms with Crippen LogP contribution >= 0.6 is 0 Å². The van der Waals surface area contributed by atoms with Crippen LogP contribution in [-0.2, 0) is 13.0 Å². The number of rotatable bonds is 0. The average Bonchev–Trinajstić information content (AvgIpc) is 2.89. The fourth-order valence-corrected chi connectivity index (χ4v) is 6.87. The van der Waals surface area contributed by atoms with Crippen molar-refractivity contribution in [1.29, 1.82) is 0 Å². The molecule has 0 radical (unpaired) electrons. The molecular formula is C33H26N2+2. The van der Waals surface area contributed by atoms with Crippen LogP contribution in [0.15, 0.2) is 115 Å². The second-order valence-corrected chi connectivity index (χ2v) is 10.3. The molecule has 35 heavy (non-hydrogen) atoms. The lowest BCUT2D eigenvalue weighted by atomic mass is 9.63. The highest BCUT2D eigenvalue weighted by molar-refractivity contribution is 5.94. The summed E-state index contributed by atoms with van der Waals surface area (Å²) in [4.78, 5) is 0. The van der Waals surface area contributed by atoms with Gasteiger partial charge in [0.2, 0.25) is 11.4 Å². The van der Waals surface area contributed by atoms with Crippen LogP contribution in [0.2, 0.25) is 0 Å². The Kier molecular flexibility index (Phi) is 3.85. The van der Waals surface area contributed by atoms with Gasteiger partial charge >= 0.3 is 0 Å². The molecule has 1 aliphatic carbocycles. The summed E-state index contributed by atoms with van der Waals surface area (Å²) in [6, 6.07) is 34.2. The van der Waals surface area contributed by atoms with E-state index in [2.05, 4.69) is 119 Å². The van der Waals surface area contributed by atoms with Crippen molar-refractivity contribution in [3.05, 3.63) is 131 Å². The highest BCUT2D eigenvalue weighted by atomic mass is 15.1. The van der Waals surface area contributed by atoms with Crippen LogP contribution in [0.5, 0.6) is 0 Å². The lowest BCUT2D eigenvalue weighted by molar-refractivity contribution is -0.726. The van der Waals surface area contributed by atoms with E-state index in [9.17, 15) is 0 Å². The summed E-state index contributed by atoms with van der Waals surface area (Å²) in [6.45, 7) is 3.15. The van der Waals surface area contributed by atoms with E-state index in [1.807, 2.05) is 0 Å². The highest BCUT2D eigenvalue weighted by Gasteiger charge is 2.54. The Labute approximate surface area is 205 Å². The van der Waals surface area contributed by atoms with E-state index in [1.54, 1.807) is 11.1 Å². The number of benzene rings is 3. The van der Waals surface area contributed by atoms with E-state index in [0.717, 1.165) is 13.0 Å². The molecule has 2 unspecified atom stereocenters. The monoisotopic (exact) mass is 450 g/mol. The summed E-state index contributed by atoms with van der Waals surface area (Å²) in [6.07, 6.45) is 5.69. The summed E-state index contributed by atoms with van der Waals surface area (Å²) < 4.78 is 5.07. The SMILES string of the molecule is Cc1ccc2[n+](c1)CC1=C(Cc3ccccc3-2)C2c3ccccc3-c3c4ccccc4cc[n+]3C12. The quantitative estimate of drug-likeness (QED) is 0.194. The highest BCUT2D eigenvalue weighted by Crippen LogP contribution is 2.56. The fraction of sp³-hybridized carbons (Fsp3) is 0.152. The van der Waals surface area contributed by atoms with Crippen LogP contribution < -0.4 is 9.13 Å². The Hall–Kier alpha value is -4.04. The Morgan fingerprint density at radius 2 is 1.54 bits per heavy atom. The van der Waals surface area contributed by atoms with E-state index < -0.39 is 0 Å². The molecule has 0 fully saturated rings. The lowest BCUT2D eigenvalue weighted by Gasteiger charge is -2.42. The van der Waals surface area contributed by atoms with Crippen molar-refractivity contribution < 1.29 is 9.13 Å². The predicted octanol–water partition coefficient (Wildman–Crippen LogP) is 6.26. The molecule has 2 aromatic heterocycles. The molecular weight excluding hydrogens is 424 g/mol. The molecule has 0 bridgehead atoms. The van der Waals surface area contributed by atoms with E-state index in [1.165, 1.54) is 50.0 Å². The maximum Gasteiger partial charge on any atom is 0.221 e. The number of aryl methyl sites for hydroxylation is 1. The van der Waals surface area contributed by atoms with E-state index >= 15 is 0 Å². The second kappa shape index (κ2) is 6.99. The minimum Gasteiger partial charge on any atom is -0.194 e. The fourth-order valence-electron chi connectivity index (χ4n) is 6.87. The third-order valence-corrected chi connectivity index (χ3v) is 8.39. The summed E-state index contributed by atoms with van der Waals surface area (Å²) in [7, 11) is 0. The zero-order chi connectivity index (χ0) is 23.1. The van der Waals surface area contributed by atoms with E-state index in [-0.39, 0.29) is 0 Å². The topological polar surface area (TPSA) is 7.76 Å². The van der Waals surface area contributed by atoms with Crippen molar-refractivity contribution in [3.8, 4) is 22.5 Å². The number of allylic oxidation sites excluding steroid dienone is 2. The molecule has 2 heteroatoms. The lowest BCUT2D eigenvalue weighted by Crippen LogP contribution is -2.56. The minimum absolute atomic E-state index is 0.366. The van der Waals surface area contributed by atoms with Crippen molar-refractivity contribution in [2.45, 2.75) is 31.8 Å². The molecule has 2 atom stereocenters. The van der Waals surface area contributed by atoms with Gasteiger partial charge in [0.15, 0.2) is 25.0 Å². The maximum absolute atomic E-state index is 2.58. The number of pyridine rings is 2. The zero-order valence-electron chi connectivity index (χ0n) is 19.8. The van der Waals surface area contributed by atoms with E-state index in [0.29, 0.717) is 12.0 Å². The third kappa shape index (κ3) is 2.60. The van der Waals surface area contributed by atoms with Crippen molar-refractivity contribution in [1.82, 2.24) is 0 Å². The molecule has 0 spiro atoms. The first-order chi connectivity index (χ1) is 17.3. The number of fused-ring (bicyclic) bond motifs is 13. The first-order valence-electron chi connectivity index (χ1n) is 12.6. The molecule has 3 aromatic carbocycles. The average molecular weight is 451 g/mol. The Morgan fingerprint density at radius 1 is 0.743 bits per heavy atom. The number of nitrogens with zero attached hydrogens (tertiary/aromatic N) is 2. The van der Waals surface area contributed by atoms with Crippen LogP contribution in [0.3, 0.4) is 0 Å². The number of hydrogen-bond acceptors (Lipinski definition) is 0. The van der Waals surface area contributed by atoms with Gasteiger partial charge in [-0.15, -0.1) is 0 Å². The Balaban J connectivity index is 1.42. The second-order valence-electron chi connectivity index (χ2n) is 10.3. The Morgan fingerprint density at radius 3 is 2.49 bits per heavy atom. The van der Waals surface area contributed by atoms with Crippen LogP contribution in [0.4, 0.5) is 0 Å². The molecule has 5 aromatic rings. The van der Waals surface area contributed by atoms with Crippen molar-refractivity contribution >= 4 is 10.8 Å². The number of hydrogen-bond donors (Lipinski definition) is 0. The molecule has 0 saturated carbocycles. The summed E-state index contributed by atoms with van der Waals surface area (Å²) in [5.74, 6) is 0.430. The van der Waals surface area contributed by atoms with Gasteiger partial charge in [0, 0.05) is 23.3 Å². The smallest absolute Gasteiger partial charge is 0.194 e. The van der Waals surface area contributed by atoms with Gasteiger partial charge in [-0.05, 0) is 59.7 Å². The van der Waals surface area contributed by atoms with Crippen molar-refractivity contribution in [2.24, 2.45) is 0 Å². The largest absolute Gasteiger partial charge is 0.221 e. The molecule has 2 aliphatic heterocycles. The molecule has 0 N–H and O–H groups in total. The summed E-state index contributed by atoms with van der Waals surface area (Å²) in [5.41, 5.74) is 12.9. The van der Waals surface area contributed by atoms with Gasteiger partial charge < -0.3 is 0 Å². The summed E-state index contributed by atoms with van der Waals surface area (Å²) >= 11 is 0. The zero-order valence-corrected chi connectivity index (χ0v) is 19.8. The van der Waals surface area contributed by atoms with Gasteiger partial charge in [-0.25, -0.2) is 0 Å². The van der Waals surface area contributed by atoms with Crippen molar-refractivity contribution in [2.75, 3.05) is 0 Å². The first kappa shape index (κ1) is 19.3.